The fourth-order valence-electron chi connectivity index (χ4n) is 1.91. The van der Waals surface area contributed by atoms with Gasteiger partial charge in [-0.3, -0.25) is 4.79 Å². The third-order valence-electron chi connectivity index (χ3n) is 2.85. The van der Waals surface area contributed by atoms with Gasteiger partial charge < -0.3 is 10.6 Å². The summed E-state index contributed by atoms with van der Waals surface area (Å²) < 4.78 is 23.4. The summed E-state index contributed by atoms with van der Waals surface area (Å²) in [6.07, 6.45) is 1.97. The van der Waals surface area contributed by atoms with E-state index in [0.717, 1.165) is 6.42 Å². The minimum Gasteiger partial charge on any atom is -0.354 e. The SMILES string of the molecule is CC(C)NCCNC(=O)C1CCCCS1(=O)=O. The largest absolute Gasteiger partial charge is 0.354 e. The van der Waals surface area contributed by atoms with Crippen molar-refractivity contribution in [2.45, 2.75) is 44.4 Å². The van der Waals surface area contributed by atoms with Crippen LogP contribution < -0.4 is 10.6 Å². The number of nitrogens with one attached hydrogen (secondary N) is 2. The van der Waals surface area contributed by atoms with Crippen LogP contribution in [0.4, 0.5) is 0 Å². The van der Waals surface area contributed by atoms with Crippen molar-refractivity contribution in [1.29, 1.82) is 0 Å². The summed E-state index contributed by atoms with van der Waals surface area (Å²) in [6, 6.07) is 0.366. The van der Waals surface area contributed by atoms with Crippen LogP contribution in [0, 0.1) is 0 Å². The molecule has 0 aromatic rings. The van der Waals surface area contributed by atoms with Crippen molar-refractivity contribution in [2.75, 3.05) is 18.8 Å². The first-order valence-electron chi connectivity index (χ1n) is 6.16. The van der Waals surface area contributed by atoms with Crippen molar-refractivity contribution in [1.82, 2.24) is 10.6 Å². The van der Waals surface area contributed by atoms with Crippen molar-refractivity contribution in [3.63, 3.8) is 0 Å². The molecule has 0 saturated carbocycles. The predicted molar refractivity (Wildman–Crippen MR) is 67.6 cm³/mol. The Bertz CT molecular complexity index is 352. The summed E-state index contributed by atoms with van der Waals surface area (Å²) in [5, 5.41) is 5.02. The lowest BCUT2D eigenvalue weighted by Crippen LogP contribution is -2.45. The Morgan fingerprint density at radius 2 is 2.00 bits per heavy atom. The molecule has 1 rings (SSSR count). The van der Waals surface area contributed by atoms with Gasteiger partial charge >= 0.3 is 0 Å². The van der Waals surface area contributed by atoms with Crippen LogP contribution in [0.1, 0.15) is 33.1 Å². The van der Waals surface area contributed by atoms with Gasteiger partial charge in [0.15, 0.2) is 9.84 Å². The van der Waals surface area contributed by atoms with Crippen LogP contribution in [-0.2, 0) is 14.6 Å². The molecular weight excluding hydrogens is 240 g/mol. The summed E-state index contributed by atoms with van der Waals surface area (Å²) in [5.74, 6) is -0.190. The fourth-order valence-corrected chi connectivity index (χ4v) is 3.74. The zero-order valence-electron chi connectivity index (χ0n) is 10.5. The van der Waals surface area contributed by atoms with E-state index in [1.165, 1.54) is 0 Å². The maximum atomic E-state index is 11.7. The number of amides is 1. The van der Waals surface area contributed by atoms with Gasteiger partial charge in [0.2, 0.25) is 5.91 Å². The van der Waals surface area contributed by atoms with E-state index in [4.69, 9.17) is 0 Å². The Morgan fingerprint density at radius 1 is 1.29 bits per heavy atom. The second kappa shape index (κ2) is 6.35. The molecule has 1 aliphatic heterocycles. The van der Waals surface area contributed by atoms with Crippen molar-refractivity contribution in [2.24, 2.45) is 0 Å². The van der Waals surface area contributed by atoms with Gasteiger partial charge in [0.25, 0.3) is 0 Å². The average molecular weight is 262 g/mol. The standard InChI is InChI=1S/C11H22N2O3S/c1-9(2)12-6-7-13-11(14)10-5-3-4-8-17(10,15)16/h9-10,12H,3-8H2,1-2H3,(H,13,14). The van der Waals surface area contributed by atoms with E-state index in [-0.39, 0.29) is 11.7 Å². The number of carbonyl (C=O) groups excluding carboxylic acids is 1. The number of sulfone groups is 1. The van der Waals surface area contributed by atoms with Crippen LogP contribution in [0.5, 0.6) is 0 Å². The zero-order chi connectivity index (χ0) is 12.9. The number of hydrogen-bond acceptors (Lipinski definition) is 4. The molecule has 5 nitrogen and oxygen atoms in total. The van der Waals surface area contributed by atoms with Crippen molar-refractivity contribution < 1.29 is 13.2 Å². The molecule has 0 bridgehead atoms. The Morgan fingerprint density at radius 3 is 2.59 bits per heavy atom. The lowest BCUT2D eigenvalue weighted by atomic mass is 10.2. The molecule has 100 valence electrons. The number of rotatable bonds is 5. The molecule has 0 aromatic heterocycles. The minimum atomic E-state index is -3.21. The number of carbonyl (C=O) groups is 1. The Hall–Kier alpha value is -0.620. The van der Waals surface area contributed by atoms with Crippen LogP contribution in [0.25, 0.3) is 0 Å². The van der Waals surface area contributed by atoms with E-state index in [2.05, 4.69) is 10.6 Å². The summed E-state index contributed by atoms with van der Waals surface area (Å²) in [7, 11) is -3.21. The second-order valence-corrected chi connectivity index (χ2v) is 7.05. The second-order valence-electron chi connectivity index (χ2n) is 4.75. The van der Waals surface area contributed by atoms with Gasteiger partial charge in [-0.1, -0.05) is 20.3 Å². The van der Waals surface area contributed by atoms with Crippen LogP contribution in [0.3, 0.4) is 0 Å². The fraction of sp³-hybridized carbons (Fsp3) is 0.909. The first-order valence-corrected chi connectivity index (χ1v) is 7.87. The maximum absolute atomic E-state index is 11.7. The van der Waals surface area contributed by atoms with Crippen molar-refractivity contribution >= 4 is 15.7 Å². The molecule has 1 heterocycles. The molecule has 1 amide bonds. The summed E-state index contributed by atoms with van der Waals surface area (Å²) in [4.78, 5) is 11.7. The molecule has 0 radical (unpaired) electrons. The molecule has 0 spiro atoms. The Labute approximate surface area is 103 Å². The van der Waals surface area contributed by atoms with E-state index < -0.39 is 15.1 Å². The van der Waals surface area contributed by atoms with E-state index in [1.807, 2.05) is 13.8 Å². The maximum Gasteiger partial charge on any atom is 0.238 e. The lowest BCUT2D eigenvalue weighted by Gasteiger charge is -2.21. The molecular formula is C11H22N2O3S. The molecule has 0 aliphatic carbocycles. The van der Waals surface area contributed by atoms with Crippen LogP contribution >= 0.6 is 0 Å². The quantitative estimate of drug-likeness (QED) is 0.687. The molecule has 6 heteroatoms. The van der Waals surface area contributed by atoms with E-state index in [1.54, 1.807) is 0 Å². The summed E-state index contributed by atoms with van der Waals surface area (Å²) in [6.45, 7) is 5.18. The molecule has 1 fully saturated rings. The van der Waals surface area contributed by atoms with Gasteiger partial charge in [-0.25, -0.2) is 8.42 Å². The highest BCUT2D eigenvalue weighted by Gasteiger charge is 2.34. The summed E-state index contributed by atoms with van der Waals surface area (Å²) in [5.41, 5.74) is 0. The van der Waals surface area contributed by atoms with Gasteiger partial charge in [-0.2, -0.15) is 0 Å². The van der Waals surface area contributed by atoms with Crippen LogP contribution in [0.15, 0.2) is 0 Å². The molecule has 0 aromatic carbocycles. The van der Waals surface area contributed by atoms with Gasteiger partial charge in [0, 0.05) is 19.1 Å². The number of hydrogen-bond donors (Lipinski definition) is 2. The van der Waals surface area contributed by atoms with Crippen molar-refractivity contribution in [3.05, 3.63) is 0 Å². The Balaban J connectivity index is 2.36. The third-order valence-corrected chi connectivity index (χ3v) is 5.02. The molecule has 1 aliphatic rings. The van der Waals surface area contributed by atoms with Gasteiger partial charge in [0.05, 0.1) is 5.75 Å². The average Bonchev–Trinajstić information content (AvgIpc) is 2.23. The zero-order valence-corrected chi connectivity index (χ0v) is 11.3. The molecule has 1 atom stereocenters. The monoisotopic (exact) mass is 262 g/mol. The topological polar surface area (TPSA) is 75.3 Å². The van der Waals surface area contributed by atoms with Gasteiger partial charge in [-0.05, 0) is 12.8 Å². The third kappa shape index (κ3) is 4.63. The molecule has 1 unspecified atom stereocenters. The van der Waals surface area contributed by atoms with E-state index in [0.29, 0.717) is 32.0 Å². The van der Waals surface area contributed by atoms with E-state index in [9.17, 15) is 13.2 Å². The van der Waals surface area contributed by atoms with E-state index >= 15 is 0 Å². The van der Waals surface area contributed by atoms with Crippen LogP contribution in [-0.4, -0.2) is 44.5 Å². The first kappa shape index (κ1) is 14.4. The normalized spacial score (nSPS) is 23.6. The first-order chi connectivity index (χ1) is 7.93. The minimum absolute atomic E-state index is 0.148. The highest BCUT2D eigenvalue weighted by molar-refractivity contribution is 7.92. The smallest absolute Gasteiger partial charge is 0.238 e. The predicted octanol–water partition coefficient (Wildman–Crippen LogP) is 0.0679. The molecule has 2 N–H and O–H groups in total. The Kier molecular flexibility index (Phi) is 5.39. The van der Waals surface area contributed by atoms with Gasteiger partial charge in [0.1, 0.15) is 5.25 Å². The van der Waals surface area contributed by atoms with Crippen LogP contribution in [0.2, 0.25) is 0 Å². The lowest BCUT2D eigenvalue weighted by molar-refractivity contribution is -0.120. The molecule has 17 heavy (non-hydrogen) atoms. The van der Waals surface area contributed by atoms with Gasteiger partial charge in [-0.15, -0.1) is 0 Å². The molecule has 1 saturated heterocycles. The van der Waals surface area contributed by atoms with Crippen molar-refractivity contribution in [3.8, 4) is 0 Å². The highest BCUT2D eigenvalue weighted by atomic mass is 32.2. The summed E-state index contributed by atoms with van der Waals surface area (Å²) >= 11 is 0. The highest BCUT2D eigenvalue weighted by Crippen LogP contribution is 2.19.